The zero-order valence-electron chi connectivity index (χ0n) is 19.1. The lowest BCUT2D eigenvalue weighted by Crippen LogP contribution is -2.23. The van der Waals surface area contributed by atoms with E-state index in [1.165, 1.54) is 13.0 Å². The summed E-state index contributed by atoms with van der Waals surface area (Å²) in [6.45, 7) is 1.42. The molecule has 3 N–H and O–H groups in total. The van der Waals surface area contributed by atoms with E-state index < -0.39 is 21.6 Å². The van der Waals surface area contributed by atoms with E-state index in [4.69, 9.17) is 58.0 Å². The standard InChI is InChI=1S/C25H19Cl5N4O3/c1-13(36)32-20-3-2-4-21(33-20)34-23(37)18-10-17(5-6-19(18)28)31-11-24(12-35)22(25(24,29)30)14-7-15(26)9-16(27)8-14/h2-10,12,22,31H,11H2,1H3,(H2,32,33,34,36,37). The van der Waals surface area contributed by atoms with E-state index in [1.807, 2.05) is 0 Å². The van der Waals surface area contributed by atoms with Crippen molar-refractivity contribution in [2.45, 2.75) is 17.2 Å². The molecule has 0 spiro atoms. The van der Waals surface area contributed by atoms with E-state index in [0.29, 0.717) is 21.3 Å². The van der Waals surface area contributed by atoms with Gasteiger partial charge in [0, 0.05) is 35.1 Å². The minimum atomic E-state index is -1.40. The number of pyridine rings is 1. The van der Waals surface area contributed by atoms with Crippen molar-refractivity contribution in [1.82, 2.24) is 4.98 Å². The van der Waals surface area contributed by atoms with Gasteiger partial charge in [-0.3, -0.25) is 9.59 Å². The Morgan fingerprint density at radius 2 is 1.62 bits per heavy atom. The molecule has 1 aliphatic carbocycles. The first-order chi connectivity index (χ1) is 17.5. The fraction of sp³-hybridized carbons (Fsp3) is 0.200. The summed E-state index contributed by atoms with van der Waals surface area (Å²) in [6, 6.07) is 14.4. The highest BCUT2D eigenvalue weighted by Crippen LogP contribution is 2.73. The topological polar surface area (TPSA) is 100 Å². The van der Waals surface area contributed by atoms with Crippen LogP contribution in [0.1, 0.15) is 28.8 Å². The van der Waals surface area contributed by atoms with Crippen LogP contribution >= 0.6 is 58.0 Å². The van der Waals surface area contributed by atoms with Crippen LogP contribution in [0.5, 0.6) is 0 Å². The third-order valence-corrected chi connectivity index (χ3v) is 7.84. The van der Waals surface area contributed by atoms with Gasteiger partial charge < -0.3 is 20.7 Å². The number of hydrogen-bond acceptors (Lipinski definition) is 5. The zero-order chi connectivity index (χ0) is 27.0. The highest BCUT2D eigenvalue weighted by atomic mass is 35.5. The van der Waals surface area contributed by atoms with E-state index in [0.717, 1.165) is 6.29 Å². The van der Waals surface area contributed by atoms with Crippen LogP contribution in [0.25, 0.3) is 0 Å². The second-order valence-electron chi connectivity index (χ2n) is 8.51. The fourth-order valence-electron chi connectivity index (χ4n) is 4.13. The Kier molecular flexibility index (Phi) is 7.93. The molecule has 1 aliphatic rings. The van der Waals surface area contributed by atoms with Gasteiger partial charge in [-0.15, -0.1) is 0 Å². The van der Waals surface area contributed by atoms with E-state index in [-0.39, 0.29) is 34.7 Å². The van der Waals surface area contributed by atoms with Crippen molar-refractivity contribution in [2.75, 3.05) is 22.5 Å². The second-order valence-corrected chi connectivity index (χ2v) is 11.2. The second kappa shape index (κ2) is 10.7. The fourth-order valence-corrected chi connectivity index (χ4v) is 5.85. The maximum absolute atomic E-state index is 12.9. The van der Waals surface area contributed by atoms with Gasteiger partial charge in [0.15, 0.2) is 0 Å². The molecule has 1 saturated carbocycles. The summed E-state index contributed by atoms with van der Waals surface area (Å²) >= 11 is 31.7. The molecule has 192 valence electrons. The maximum atomic E-state index is 12.9. The number of hydrogen-bond donors (Lipinski definition) is 3. The summed E-state index contributed by atoms with van der Waals surface area (Å²) in [5.41, 5.74) is 0.145. The Balaban J connectivity index is 1.51. The molecule has 1 aromatic heterocycles. The number of aldehydes is 1. The Hall–Kier alpha value is -2.55. The lowest BCUT2D eigenvalue weighted by atomic mass is 10.00. The number of nitrogens with one attached hydrogen (secondary N) is 3. The average molecular weight is 601 g/mol. The molecule has 2 atom stereocenters. The van der Waals surface area contributed by atoms with Gasteiger partial charge in [-0.1, -0.05) is 64.1 Å². The van der Waals surface area contributed by atoms with Crippen molar-refractivity contribution in [3.63, 3.8) is 0 Å². The third kappa shape index (κ3) is 5.66. The summed E-state index contributed by atoms with van der Waals surface area (Å²) < 4.78 is -1.40. The van der Waals surface area contributed by atoms with Gasteiger partial charge in [0.2, 0.25) is 5.91 Å². The molecular formula is C25H19Cl5N4O3. The first-order valence-electron chi connectivity index (χ1n) is 10.9. The van der Waals surface area contributed by atoms with Gasteiger partial charge in [-0.05, 0) is 54.1 Å². The van der Waals surface area contributed by atoms with E-state index in [9.17, 15) is 14.4 Å². The largest absolute Gasteiger partial charge is 0.384 e. The highest BCUT2D eigenvalue weighted by Gasteiger charge is 2.76. The van der Waals surface area contributed by atoms with Crippen molar-refractivity contribution in [3.8, 4) is 0 Å². The van der Waals surface area contributed by atoms with Crippen molar-refractivity contribution < 1.29 is 14.4 Å². The summed E-state index contributed by atoms with van der Waals surface area (Å²) in [6.07, 6.45) is 0.719. The first-order valence-corrected chi connectivity index (χ1v) is 12.8. The van der Waals surface area contributed by atoms with Gasteiger partial charge in [0.05, 0.1) is 16.0 Å². The van der Waals surface area contributed by atoms with Crippen LogP contribution in [0.15, 0.2) is 54.6 Å². The van der Waals surface area contributed by atoms with Crippen molar-refractivity contribution in [3.05, 3.63) is 80.8 Å². The van der Waals surface area contributed by atoms with Crippen LogP contribution in [-0.4, -0.2) is 34.0 Å². The van der Waals surface area contributed by atoms with Gasteiger partial charge >= 0.3 is 0 Å². The molecule has 1 fully saturated rings. The SMILES string of the molecule is CC(=O)Nc1cccc(NC(=O)c2cc(NCC3(C=O)C(c4cc(Cl)cc(Cl)c4)C3(Cl)Cl)ccc2Cl)n1. The Morgan fingerprint density at radius 1 is 0.973 bits per heavy atom. The number of alkyl halides is 2. The molecule has 1 heterocycles. The number of halogens is 5. The van der Waals surface area contributed by atoms with E-state index in [2.05, 4.69) is 20.9 Å². The molecule has 37 heavy (non-hydrogen) atoms. The number of amides is 2. The molecule has 3 aromatic rings. The van der Waals surface area contributed by atoms with Crippen molar-refractivity contribution in [1.29, 1.82) is 0 Å². The summed E-state index contributed by atoms with van der Waals surface area (Å²) in [4.78, 5) is 40.6. The molecule has 12 heteroatoms. The van der Waals surface area contributed by atoms with Gasteiger partial charge in [-0.25, -0.2) is 4.98 Å². The molecule has 4 rings (SSSR count). The maximum Gasteiger partial charge on any atom is 0.258 e. The Labute approximate surface area is 237 Å². The number of benzene rings is 2. The van der Waals surface area contributed by atoms with Crippen LogP contribution in [-0.2, 0) is 9.59 Å². The minimum absolute atomic E-state index is 0.0707. The van der Waals surface area contributed by atoms with Crippen LogP contribution in [0.4, 0.5) is 17.3 Å². The number of carbonyl (C=O) groups excluding carboxylic acids is 3. The number of aromatic nitrogens is 1. The van der Waals surface area contributed by atoms with E-state index in [1.54, 1.807) is 48.5 Å². The quantitative estimate of drug-likeness (QED) is 0.195. The van der Waals surface area contributed by atoms with E-state index >= 15 is 0 Å². The molecule has 0 aliphatic heterocycles. The van der Waals surface area contributed by atoms with Gasteiger partial charge in [-0.2, -0.15) is 0 Å². The smallest absolute Gasteiger partial charge is 0.258 e. The molecule has 0 bridgehead atoms. The van der Waals surface area contributed by atoms with Crippen molar-refractivity contribution >= 4 is 93.4 Å². The predicted molar refractivity (Wildman–Crippen MR) is 149 cm³/mol. The number of nitrogens with zero attached hydrogens (tertiary/aromatic N) is 1. The lowest BCUT2D eigenvalue weighted by molar-refractivity contribution is -0.114. The molecule has 0 radical (unpaired) electrons. The molecule has 2 amide bonds. The normalized spacial score (nSPS) is 19.6. The molecule has 2 unspecified atom stereocenters. The van der Waals surface area contributed by atoms with Crippen LogP contribution < -0.4 is 16.0 Å². The number of rotatable bonds is 8. The highest BCUT2D eigenvalue weighted by molar-refractivity contribution is 6.54. The molecule has 2 aromatic carbocycles. The first kappa shape index (κ1) is 27.5. The van der Waals surface area contributed by atoms with Crippen molar-refractivity contribution in [2.24, 2.45) is 5.41 Å². The summed E-state index contributed by atoms with van der Waals surface area (Å²) in [5, 5.41) is 9.33. The van der Waals surface area contributed by atoms with Crippen LogP contribution in [0.3, 0.4) is 0 Å². The van der Waals surface area contributed by atoms with Gasteiger partial charge in [0.25, 0.3) is 5.91 Å². The van der Waals surface area contributed by atoms with Gasteiger partial charge in [0.1, 0.15) is 22.3 Å². The average Bonchev–Trinajstić information content (AvgIpc) is 3.32. The molecule has 7 nitrogen and oxygen atoms in total. The number of anilines is 3. The van der Waals surface area contributed by atoms with Crippen LogP contribution in [0.2, 0.25) is 15.1 Å². The third-order valence-electron chi connectivity index (χ3n) is 5.93. The Morgan fingerprint density at radius 3 is 2.24 bits per heavy atom. The Bertz CT molecular complexity index is 1380. The van der Waals surface area contributed by atoms with Crippen LogP contribution in [0, 0.1) is 5.41 Å². The lowest BCUT2D eigenvalue weighted by Gasteiger charge is -2.15. The monoisotopic (exact) mass is 598 g/mol. The summed E-state index contributed by atoms with van der Waals surface area (Å²) in [5.74, 6) is -0.855. The minimum Gasteiger partial charge on any atom is -0.384 e. The molecule has 0 saturated heterocycles. The molecular weight excluding hydrogens is 582 g/mol. The zero-order valence-corrected chi connectivity index (χ0v) is 22.9. The predicted octanol–water partition coefficient (Wildman–Crippen LogP) is 6.82. The number of carbonyl (C=O) groups is 3. The summed E-state index contributed by atoms with van der Waals surface area (Å²) in [7, 11) is 0.